The second-order valence-corrected chi connectivity index (χ2v) is 11.7. The van der Waals surface area contributed by atoms with Crippen molar-refractivity contribution in [3.8, 4) is 11.8 Å². The smallest absolute Gasteiger partial charge is 0.348 e. The van der Waals surface area contributed by atoms with Crippen molar-refractivity contribution in [2.75, 3.05) is 18.5 Å². The van der Waals surface area contributed by atoms with Crippen LogP contribution in [0.4, 0.5) is 5.69 Å². The van der Waals surface area contributed by atoms with Crippen LogP contribution in [0.25, 0.3) is 0 Å². The van der Waals surface area contributed by atoms with Crippen molar-refractivity contribution < 1.29 is 19.5 Å². The monoisotopic (exact) mass is 472 g/mol. The van der Waals surface area contributed by atoms with E-state index in [9.17, 15) is 19.5 Å². The Morgan fingerprint density at radius 2 is 1.85 bits per heavy atom. The highest BCUT2D eigenvalue weighted by molar-refractivity contribution is 7.15. The molecule has 0 aromatic carbocycles. The standard InChI is InChI=1S/C26H36N2O4S/c1-17-8-10-18(11-9-17)24(30)28(19-7-6-14-27(5)22(29)15-19)21-16-20(12-13-26(2,3)4)33-23(21)25(31)32/h16-19H,6-11,14-15H2,1-5H3,(H,31,32). The Hall–Kier alpha value is -2.33. The van der Waals surface area contributed by atoms with Crippen molar-refractivity contribution in [2.24, 2.45) is 17.3 Å². The number of aromatic carboxylic acids is 1. The largest absolute Gasteiger partial charge is 0.477 e. The summed E-state index contributed by atoms with van der Waals surface area (Å²) in [6, 6.07) is 1.40. The van der Waals surface area contributed by atoms with Gasteiger partial charge in [0, 0.05) is 37.4 Å². The predicted octanol–water partition coefficient (Wildman–Crippen LogP) is 5.01. The molecule has 2 amide bonds. The van der Waals surface area contributed by atoms with E-state index in [-0.39, 0.29) is 40.5 Å². The van der Waals surface area contributed by atoms with Crippen molar-refractivity contribution >= 4 is 34.8 Å². The van der Waals surface area contributed by atoms with E-state index in [0.29, 0.717) is 29.4 Å². The zero-order valence-electron chi connectivity index (χ0n) is 20.4. The van der Waals surface area contributed by atoms with Gasteiger partial charge in [0.05, 0.1) is 10.6 Å². The minimum absolute atomic E-state index is 0.00702. The normalized spacial score (nSPS) is 24.0. The van der Waals surface area contributed by atoms with Gasteiger partial charge in [0.15, 0.2) is 0 Å². The molecule has 0 radical (unpaired) electrons. The van der Waals surface area contributed by atoms with Gasteiger partial charge in [-0.3, -0.25) is 9.59 Å². The first-order valence-electron chi connectivity index (χ1n) is 11.9. The molecule has 7 heteroatoms. The summed E-state index contributed by atoms with van der Waals surface area (Å²) in [6.07, 6.45) is 5.26. The maximum Gasteiger partial charge on any atom is 0.348 e. The van der Waals surface area contributed by atoms with Gasteiger partial charge in [-0.15, -0.1) is 11.3 Å². The number of carbonyl (C=O) groups excluding carboxylic acids is 2. The van der Waals surface area contributed by atoms with Gasteiger partial charge < -0.3 is 14.9 Å². The zero-order chi connectivity index (χ0) is 24.3. The van der Waals surface area contributed by atoms with Gasteiger partial charge in [-0.2, -0.15) is 0 Å². The molecule has 1 saturated carbocycles. The molecule has 2 fully saturated rings. The van der Waals surface area contributed by atoms with Crippen LogP contribution >= 0.6 is 11.3 Å². The van der Waals surface area contributed by atoms with Gasteiger partial charge in [-0.25, -0.2) is 4.79 Å². The molecule has 1 saturated heterocycles. The molecule has 33 heavy (non-hydrogen) atoms. The summed E-state index contributed by atoms with van der Waals surface area (Å²) >= 11 is 1.11. The fraction of sp³-hybridized carbons (Fsp3) is 0.654. The van der Waals surface area contributed by atoms with Crippen LogP contribution in [0.15, 0.2) is 6.07 Å². The van der Waals surface area contributed by atoms with Crippen LogP contribution < -0.4 is 4.90 Å². The second-order valence-electron chi connectivity index (χ2n) is 10.6. The van der Waals surface area contributed by atoms with Gasteiger partial charge in [-0.05, 0) is 71.3 Å². The van der Waals surface area contributed by atoms with Crippen molar-refractivity contribution in [1.29, 1.82) is 0 Å². The van der Waals surface area contributed by atoms with Crippen LogP contribution in [0.1, 0.15) is 87.2 Å². The van der Waals surface area contributed by atoms with Crippen LogP contribution in [-0.4, -0.2) is 47.4 Å². The second kappa shape index (κ2) is 10.3. The first-order valence-corrected chi connectivity index (χ1v) is 12.7. The number of likely N-dealkylation sites (tertiary alicyclic amines) is 1. The maximum atomic E-state index is 13.9. The summed E-state index contributed by atoms with van der Waals surface area (Å²) in [5.74, 6) is 5.62. The SMILES string of the molecule is CC1CCC(C(=O)N(c2cc(C#CC(C)(C)C)sc2C(=O)O)C2CCCN(C)C(=O)C2)CC1. The Labute approximate surface area is 201 Å². The summed E-state index contributed by atoms with van der Waals surface area (Å²) < 4.78 is 0. The van der Waals surface area contributed by atoms with Gasteiger partial charge >= 0.3 is 5.97 Å². The number of anilines is 1. The first-order chi connectivity index (χ1) is 15.5. The molecular weight excluding hydrogens is 436 g/mol. The van der Waals surface area contributed by atoms with Crippen LogP contribution in [0.3, 0.4) is 0 Å². The van der Waals surface area contributed by atoms with Gasteiger partial charge in [-0.1, -0.05) is 18.8 Å². The number of thiophene rings is 1. The lowest BCUT2D eigenvalue weighted by Crippen LogP contribution is -2.46. The minimum Gasteiger partial charge on any atom is -0.477 e. The van der Waals surface area contributed by atoms with Crippen LogP contribution in [0.2, 0.25) is 0 Å². The summed E-state index contributed by atoms with van der Waals surface area (Å²) in [7, 11) is 1.78. The lowest BCUT2D eigenvalue weighted by molar-refractivity contribution is -0.129. The third kappa shape index (κ3) is 6.38. The minimum atomic E-state index is -1.06. The highest BCUT2D eigenvalue weighted by atomic mass is 32.1. The lowest BCUT2D eigenvalue weighted by Gasteiger charge is -2.35. The number of amides is 2. The molecule has 1 unspecified atom stereocenters. The molecule has 1 aromatic rings. The molecule has 180 valence electrons. The molecule has 2 heterocycles. The van der Waals surface area contributed by atoms with E-state index in [0.717, 1.165) is 43.4 Å². The molecule has 1 aliphatic heterocycles. The van der Waals surface area contributed by atoms with E-state index in [1.807, 2.05) is 20.8 Å². The predicted molar refractivity (Wildman–Crippen MR) is 131 cm³/mol. The molecule has 2 aliphatic rings. The molecule has 1 aromatic heterocycles. The lowest BCUT2D eigenvalue weighted by atomic mass is 9.82. The summed E-state index contributed by atoms with van der Waals surface area (Å²) in [5.41, 5.74) is 0.178. The molecule has 1 atom stereocenters. The first kappa shape index (κ1) is 25.3. The van der Waals surface area contributed by atoms with Gasteiger partial charge in [0.25, 0.3) is 0 Å². The molecule has 1 aliphatic carbocycles. The quantitative estimate of drug-likeness (QED) is 0.625. The van der Waals surface area contributed by atoms with Crippen LogP contribution in [-0.2, 0) is 9.59 Å². The van der Waals surface area contributed by atoms with Gasteiger partial charge in [0.2, 0.25) is 11.8 Å². The van der Waals surface area contributed by atoms with Crippen molar-refractivity contribution in [3.63, 3.8) is 0 Å². The Balaban J connectivity index is 2.05. The number of carboxylic acids is 1. The average Bonchev–Trinajstić information content (AvgIpc) is 3.08. The maximum absolute atomic E-state index is 13.9. The Kier molecular flexibility index (Phi) is 7.89. The summed E-state index contributed by atoms with van der Waals surface area (Å²) in [5, 5.41) is 9.98. The third-order valence-corrected chi connectivity index (χ3v) is 7.59. The number of rotatable bonds is 4. The van der Waals surface area contributed by atoms with Gasteiger partial charge in [0.1, 0.15) is 4.88 Å². The van der Waals surface area contributed by atoms with E-state index in [1.54, 1.807) is 22.9 Å². The van der Waals surface area contributed by atoms with Crippen molar-refractivity contribution in [2.45, 2.75) is 78.7 Å². The number of hydrogen-bond acceptors (Lipinski definition) is 4. The molecule has 1 N–H and O–H groups in total. The topological polar surface area (TPSA) is 77.9 Å². The Morgan fingerprint density at radius 3 is 2.45 bits per heavy atom. The fourth-order valence-corrected chi connectivity index (χ4v) is 5.43. The highest BCUT2D eigenvalue weighted by Crippen LogP contribution is 2.38. The molecule has 6 nitrogen and oxygen atoms in total. The van der Waals surface area contributed by atoms with E-state index in [2.05, 4.69) is 18.8 Å². The number of nitrogens with zero attached hydrogens (tertiary/aromatic N) is 2. The summed E-state index contributed by atoms with van der Waals surface area (Å²) in [4.78, 5) is 42.9. The van der Waals surface area contributed by atoms with Crippen LogP contribution in [0.5, 0.6) is 0 Å². The highest BCUT2D eigenvalue weighted by Gasteiger charge is 2.37. The van der Waals surface area contributed by atoms with Crippen molar-refractivity contribution in [3.05, 3.63) is 15.8 Å². The number of hydrogen-bond donors (Lipinski definition) is 1. The van der Waals surface area contributed by atoms with E-state index in [1.165, 1.54) is 0 Å². The summed E-state index contributed by atoms with van der Waals surface area (Å²) in [6.45, 7) is 8.86. The molecule has 0 bridgehead atoms. The van der Waals surface area contributed by atoms with Crippen molar-refractivity contribution in [1.82, 2.24) is 4.90 Å². The number of carbonyl (C=O) groups is 3. The third-order valence-electron chi connectivity index (χ3n) is 6.56. The Bertz CT molecular complexity index is 957. The average molecular weight is 473 g/mol. The van der Waals surface area contributed by atoms with E-state index in [4.69, 9.17) is 0 Å². The number of carboxylic acid groups (broad SMARTS) is 1. The van der Waals surface area contributed by atoms with E-state index >= 15 is 0 Å². The molecular formula is C26H36N2O4S. The van der Waals surface area contributed by atoms with Crippen LogP contribution in [0, 0.1) is 29.1 Å². The molecule has 0 spiro atoms. The fourth-order valence-electron chi connectivity index (χ4n) is 4.59. The molecule has 3 rings (SSSR count). The van der Waals surface area contributed by atoms with E-state index < -0.39 is 5.97 Å². The Morgan fingerprint density at radius 1 is 1.18 bits per heavy atom. The zero-order valence-corrected chi connectivity index (χ0v) is 21.3.